The van der Waals surface area contributed by atoms with Crippen LogP contribution in [0, 0.1) is 13.8 Å². The largest absolute Gasteiger partial charge is 0.496 e. The molecule has 0 saturated heterocycles. The number of ether oxygens (including phenoxy) is 1. The Morgan fingerprint density at radius 1 is 1.15 bits per heavy atom. The number of benzene rings is 2. The first-order valence-corrected chi connectivity index (χ1v) is 8.27. The van der Waals surface area contributed by atoms with Gasteiger partial charge in [0.2, 0.25) is 0 Å². The number of methoxy groups -OCH3 is 1. The minimum atomic E-state index is 0.232. The summed E-state index contributed by atoms with van der Waals surface area (Å²) in [6.07, 6.45) is 0.938. The van der Waals surface area contributed by atoms with Gasteiger partial charge in [-0.3, -0.25) is 0 Å². The molecule has 0 spiro atoms. The molecule has 0 aromatic heterocycles. The summed E-state index contributed by atoms with van der Waals surface area (Å²) in [6.45, 7) is 4.20. The van der Waals surface area contributed by atoms with E-state index in [0.29, 0.717) is 0 Å². The SMILES string of the molecule is COc1c(C)cc(Br)c(C)c1C(Br)Cc1ccccc1. The van der Waals surface area contributed by atoms with E-state index >= 15 is 0 Å². The number of hydrogen-bond acceptors (Lipinski definition) is 1. The Hall–Kier alpha value is -0.800. The predicted octanol–water partition coefficient (Wildman–Crippen LogP) is 5.75. The molecular formula is C17H18Br2O. The van der Waals surface area contributed by atoms with Crippen molar-refractivity contribution in [3.63, 3.8) is 0 Å². The third-order valence-corrected chi connectivity index (χ3v) is 5.09. The van der Waals surface area contributed by atoms with Crippen molar-refractivity contribution < 1.29 is 4.74 Å². The summed E-state index contributed by atoms with van der Waals surface area (Å²) in [7, 11) is 1.74. The van der Waals surface area contributed by atoms with Gasteiger partial charge in [0.05, 0.1) is 7.11 Å². The van der Waals surface area contributed by atoms with Crippen LogP contribution in [0.2, 0.25) is 0 Å². The van der Waals surface area contributed by atoms with Gasteiger partial charge in [-0.2, -0.15) is 0 Å². The Kier molecular flexibility index (Phi) is 5.28. The molecular weight excluding hydrogens is 380 g/mol. The second-order valence-electron chi connectivity index (χ2n) is 4.90. The second-order valence-corrected chi connectivity index (χ2v) is 6.86. The van der Waals surface area contributed by atoms with Gasteiger partial charge in [0, 0.05) is 14.9 Å². The highest BCUT2D eigenvalue weighted by Gasteiger charge is 2.20. The number of rotatable bonds is 4. The molecule has 3 heteroatoms. The van der Waals surface area contributed by atoms with Crippen molar-refractivity contribution in [3.05, 3.63) is 63.1 Å². The molecule has 0 aliphatic rings. The van der Waals surface area contributed by atoms with Crippen LogP contribution in [0.15, 0.2) is 40.9 Å². The van der Waals surface area contributed by atoms with E-state index in [1.165, 1.54) is 16.7 Å². The standard InChI is InChI=1S/C17H18Br2O/c1-11-9-14(18)12(2)16(17(11)20-3)15(19)10-13-7-5-4-6-8-13/h4-9,15H,10H2,1-3H3. The van der Waals surface area contributed by atoms with Gasteiger partial charge >= 0.3 is 0 Å². The lowest BCUT2D eigenvalue weighted by molar-refractivity contribution is 0.405. The molecule has 0 fully saturated rings. The summed E-state index contributed by atoms with van der Waals surface area (Å²) < 4.78 is 6.75. The van der Waals surface area contributed by atoms with Crippen LogP contribution in [0.4, 0.5) is 0 Å². The van der Waals surface area contributed by atoms with Crippen LogP contribution in [-0.2, 0) is 6.42 Å². The smallest absolute Gasteiger partial charge is 0.126 e. The zero-order chi connectivity index (χ0) is 14.7. The quantitative estimate of drug-likeness (QED) is 0.596. The molecule has 0 aliphatic carbocycles. The van der Waals surface area contributed by atoms with E-state index in [-0.39, 0.29) is 4.83 Å². The third kappa shape index (κ3) is 3.26. The van der Waals surface area contributed by atoms with Crippen molar-refractivity contribution in [3.8, 4) is 5.75 Å². The lowest BCUT2D eigenvalue weighted by Gasteiger charge is -2.20. The van der Waals surface area contributed by atoms with Crippen LogP contribution >= 0.6 is 31.9 Å². The molecule has 0 heterocycles. The van der Waals surface area contributed by atoms with Gasteiger partial charge in [0.25, 0.3) is 0 Å². The van der Waals surface area contributed by atoms with Crippen molar-refractivity contribution in [2.24, 2.45) is 0 Å². The maximum Gasteiger partial charge on any atom is 0.126 e. The zero-order valence-corrected chi connectivity index (χ0v) is 15.1. The Balaban J connectivity index is 2.41. The fourth-order valence-corrected chi connectivity index (χ4v) is 3.93. The molecule has 0 N–H and O–H groups in total. The lowest BCUT2D eigenvalue weighted by Crippen LogP contribution is -2.04. The third-order valence-electron chi connectivity index (χ3n) is 3.48. The van der Waals surface area contributed by atoms with Crippen LogP contribution in [0.5, 0.6) is 5.75 Å². The highest BCUT2D eigenvalue weighted by molar-refractivity contribution is 9.10. The van der Waals surface area contributed by atoms with E-state index in [1.807, 2.05) is 6.07 Å². The average Bonchev–Trinajstić information content (AvgIpc) is 2.43. The van der Waals surface area contributed by atoms with E-state index < -0.39 is 0 Å². The Labute approximate surface area is 137 Å². The number of hydrogen-bond donors (Lipinski definition) is 0. The van der Waals surface area contributed by atoms with E-state index in [1.54, 1.807) is 7.11 Å². The molecule has 1 atom stereocenters. The number of alkyl halides is 1. The van der Waals surface area contributed by atoms with Crippen LogP contribution in [0.25, 0.3) is 0 Å². The van der Waals surface area contributed by atoms with Crippen LogP contribution in [0.1, 0.15) is 27.1 Å². The van der Waals surface area contributed by atoms with Gasteiger partial charge in [-0.05, 0) is 43.0 Å². The number of aryl methyl sites for hydroxylation is 1. The van der Waals surface area contributed by atoms with E-state index in [2.05, 4.69) is 76.0 Å². The molecule has 2 rings (SSSR count). The highest BCUT2D eigenvalue weighted by atomic mass is 79.9. The van der Waals surface area contributed by atoms with Crippen molar-refractivity contribution in [1.82, 2.24) is 0 Å². The number of halogens is 2. The fourth-order valence-electron chi connectivity index (χ4n) is 2.45. The molecule has 2 aromatic carbocycles. The van der Waals surface area contributed by atoms with Crippen LogP contribution < -0.4 is 4.74 Å². The Morgan fingerprint density at radius 2 is 1.80 bits per heavy atom. The summed E-state index contributed by atoms with van der Waals surface area (Å²) >= 11 is 7.47. The second kappa shape index (κ2) is 6.77. The maximum atomic E-state index is 5.62. The first-order valence-electron chi connectivity index (χ1n) is 6.56. The maximum absolute atomic E-state index is 5.62. The fraction of sp³-hybridized carbons (Fsp3) is 0.294. The summed E-state index contributed by atoms with van der Waals surface area (Å²) in [5.41, 5.74) is 4.92. The minimum Gasteiger partial charge on any atom is -0.496 e. The first-order chi connectivity index (χ1) is 9.54. The van der Waals surface area contributed by atoms with Gasteiger partial charge in [-0.25, -0.2) is 0 Å². The normalized spacial score (nSPS) is 12.2. The van der Waals surface area contributed by atoms with Gasteiger partial charge < -0.3 is 4.74 Å². The van der Waals surface area contributed by atoms with Gasteiger partial charge in [-0.15, -0.1) is 0 Å². The molecule has 0 radical (unpaired) electrons. The lowest BCUT2D eigenvalue weighted by atomic mass is 9.97. The average molecular weight is 398 g/mol. The van der Waals surface area contributed by atoms with Crippen molar-refractivity contribution in [1.29, 1.82) is 0 Å². The molecule has 1 unspecified atom stereocenters. The van der Waals surface area contributed by atoms with E-state index in [0.717, 1.165) is 22.2 Å². The predicted molar refractivity (Wildman–Crippen MR) is 92.0 cm³/mol. The van der Waals surface area contributed by atoms with Gasteiger partial charge in [0.1, 0.15) is 5.75 Å². The molecule has 1 nitrogen and oxygen atoms in total. The zero-order valence-electron chi connectivity index (χ0n) is 11.9. The molecule has 0 amide bonds. The first kappa shape index (κ1) is 15.6. The topological polar surface area (TPSA) is 9.23 Å². The molecule has 0 saturated carbocycles. The summed E-state index contributed by atoms with van der Waals surface area (Å²) in [6, 6.07) is 12.6. The molecule has 0 aliphatic heterocycles. The molecule has 0 bridgehead atoms. The van der Waals surface area contributed by atoms with Crippen LogP contribution in [-0.4, -0.2) is 7.11 Å². The van der Waals surface area contributed by atoms with Crippen molar-refractivity contribution >= 4 is 31.9 Å². The van der Waals surface area contributed by atoms with Crippen LogP contribution in [0.3, 0.4) is 0 Å². The van der Waals surface area contributed by atoms with Gasteiger partial charge in [0.15, 0.2) is 0 Å². The summed E-state index contributed by atoms with van der Waals surface area (Å²) in [4.78, 5) is 0.232. The molecule has 106 valence electrons. The van der Waals surface area contributed by atoms with E-state index in [4.69, 9.17) is 4.74 Å². The van der Waals surface area contributed by atoms with Crippen molar-refractivity contribution in [2.75, 3.05) is 7.11 Å². The monoisotopic (exact) mass is 396 g/mol. The summed E-state index contributed by atoms with van der Waals surface area (Å²) in [5, 5.41) is 0. The summed E-state index contributed by atoms with van der Waals surface area (Å²) in [5.74, 6) is 0.975. The minimum absolute atomic E-state index is 0.232. The van der Waals surface area contributed by atoms with Crippen molar-refractivity contribution in [2.45, 2.75) is 25.1 Å². The molecule has 2 aromatic rings. The Bertz CT molecular complexity index is 594. The highest BCUT2D eigenvalue weighted by Crippen LogP contribution is 2.41. The van der Waals surface area contributed by atoms with Gasteiger partial charge in [-0.1, -0.05) is 62.2 Å². The van der Waals surface area contributed by atoms with E-state index in [9.17, 15) is 0 Å². The molecule has 20 heavy (non-hydrogen) atoms. The Morgan fingerprint density at radius 3 is 2.40 bits per heavy atom.